The first-order valence-corrected chi connectivity index (χ1v) is 4.24. The summed E-state index contributed by atoms with van der Waals surface area (Å²) in [6.07, 6.45) is 1.95. The second-order valence-corrected chi connectivity index (χ2v) is 3.27. The van der Waals surface area contributed by atoms with Crippen LogP contribution in [0, 0.1) is 0 Å². The Balaban J connectivity index is 0. The number of fused-ring (bicyclic) bond motifs is 1. The zero-order valence-corrected chi connectivity index (χ0v) is 11.1. The van der Waals surface area contributed by atoms with Gasteiger partial charge in [-0.25, -0.2) is 0 Å². The molecule has 0 amide bonds. The maximum atomic E-state index is 11.6. The number of hydrogen-bond donors (Lipinski definition) is 0. The largest absolute Gasteiger partial charge is 1.00 e. The van der Waals surface area contributed by atoms with Crippen LogP contribution in [0.2, 0.25) is 0 Å². The molecule has 1 aromatic carbocycles. The van der Waals surface area contributed by atoms with E-state index in [1.807, 2.05) is 31.2 Å². The molecule has 0 aromatic heterocycles. The fraction of sp³-hybridized carbons (Fsp3) is 0.273. The van der Waals surface area contributed by atoms with Crippen molar-refractivity contribution in [3.05, 3.63) is 41.0 Å². The molecule has 1 aromatic rings. The van der Waals surface area contributed by atoms with Crippen molar-refractivity contribution in [1.29, 1.82) is 0 Å². The Hall–Kier alpha value is 0.435. The molecule has 2 rings (SSSR count). The Morgan fingerprint density at radius 2 is 1.67 bits per heavy atom. The number of allylic oxidation sites excluding steroid dienone is 1. The van der Waals surface area contributed by atoms with Gasteiger partial charge in [0.25, 0.3) is 0 Å². The van der Waals surface area contributed by atoms with Gasteiger partial charge < -0.3 is 22.1 Å². The molecule has 0 saturated carbocycles. The van der Waals surface area contributed by atoms with E-state index in [0.717, 1.165) is 24.0 Å². The summed E-state index contributed by atoms with van der Waals surface area (Å²) in [5.74, 6) is 0.233. The first-order valence-electron chi connectivity index (χ1n) is 4.24. The van der Waals surface area contributed by atoms with Crippen LogP contribution in [-0.2, 0) is 6.42 Å². The summed E-state index contributed by atoms with van der Waals surface area (Å²) >= 11 is 0. The maximum absolute atomic E-state index is 11.6. The molecule has 0 heterocycles. The zero-order chi connectivity index (χ0) is 8.55. The van der Waals surface area contributed by atoms with Crippen molar-refractivity contribution in [2.24, 2.45) is 0 Å². The second-order valence-electron chi connectivity index (χ2n) is 3.27. The summed E-state index contributed by atoms with van der Waals surface area (Å²) in [6, 6.07) is 7.88. The molecule has 0 saturated heterocycles. The van der Waals surface area contributed by atoms with E-state index in [-0.39, 0.29) is 60.5 Å². The smallest absolute Gasteiger partial charge is 1.00 e. The average Bonchev–Trinajstić information content (AvgIpc) is 2.12. The van der Waals surface area contributed by atoms with Crippen molar-refractivity contribution in [3.8, 4) is 0 Å². The molecule has 0 spiro atoms. The number of benzene rings is 1. The van der Waals surface area contributed by atoms with E-state index in [0.29, 0.717) is 0 Å². The van der Waals surface area contributed by atoms with Crippen molar-refractivity contribution in [2.75, 3.05) is 0 Å². The third-order valence-corrected chi connectivity index (χ3v) is 2.42. The molecule has 0 atom stereocenters. The molecule has 0 N–H and O–H groups in total. The Morgan fingerprint density at radius 3 is 2.33 bits per heavy atom. The Morgan fingerprint density at radius 1 is 1.07 bits per heavy atom. The molecule has 0 aliphatic heterocycles. The minimum atomic E-state index is 0. The van der Waals surface area contributed by atoms with E-state index in [1.165, 1.54) is 5.56 Å². The predicted octanol–water partition coefficient (Wildman–Crippen LogP) is -7.26. The third-order valence-electron chi connectivity index (χ3n) is 2.42. The van der Waals surface area contributed by atoms with Gasteiger partial charge in [0.15, 0.2) is 0 Å². The molecule has 0 bridgehead atoms. The molecule has 1 aliphatic rings. The van der Waals surface area contributed by atoms with Crippen molar-refractivity contribution in [2.45, 2.75) is 19.8 Å². The molecule has 0 radical (unpaired) electrons. The van der Waals surface area contributed by atoms with Crippen molar-refractivity contribution >= 4 is 5.76 Å². The van der Waals surface area contributed by atoms with Gasteiger partial charge in [-0.15, -0.1) is 5.76 Å². The van der Waals surface area contributed by atoms with E-state index in [9.17, 15) is 5.11 Å². The van der Waals surface area contributed by atoms with Crippen LogP contribution in [0.1, 0.15) is 24.5 Å². The van der Waals surface area contributed by atoms with E-state index in [4.69, 9.17) is 0 Å². The summed E-state index contributed by atoms with van der Waals surface area (Å²) < 4.78 is 0. The molecule has 15 heavy (non-hydrogen) atoms. The average molecular weight is 253 g/mol. The third kappa shape index (κ3) is 3.74. The second kappa shape index (κ2) is 7.67. The Labute approximate surface area is 125 Å². The van der Waals surface area contributed by atoms with Crippen LogP contribution >= 0.6 is 0 Å². The molecular weight excluding hydrogens is 242 g/mol. The molecule has 4 heteroatoms. The molecule has 0 fully saturated rings. The quantitative estimate of drug-likeness (QED) is 0.421. The van der Waals surface area contributed by atoms with Gasteiger partial charge in [0.1, 0.15) is 0 Å². The van der Waals surface area contributed by atoms with Gasteiger partial charge in [-0.2, -0.15) is 0 Å². The summed E-state index contributed by atoms with van der Waals surface area (Å²) in [5, 5.41) is 11.6. The summed E-state index contributed by atoms with van der Waals surface area (Å²) in [5.41, 5.74) is 3.10. The fourth-order valence-corrected chi connectivity index (χ4v) is 1.63. The summed E-state index contributed by atoms with van der Waals surface area (Å²) in [7, 11) is 0. The van der Waals surface area contributed by atoms with Gasteiger partial charge >= 0.3 is 37.7 Å². The maximum Gasteiger partial charge on any atom is 1.00 e. The Bertz CT molecular complexity index is 350. The molecule has 0 unspecified atom stereocenters. The number of rotatable bonds is 0. The first-order chi connectivity index (χ1) is 5.79. The Kier molecular flexibility index (Phi) is 9.11. The monoisotopic (exact) mass is 252 g/mol. The number of halogens is 1. The van der Waals surface area contributed by atoms with Crippen LogP contribution in [0.5, 0.6) is 0 Å². The fourth-order valence-electron chi connectivity index (χ4n) is 1.63. The number of hydrogen-bond acceptors (Lipinski definition) is 1. The van der Waals surface area contributed by atoms with Crippen LogP contribution in [0.25, 0.3) is 5.76 Å². The molecule has 70 valence electrons. The minimum absolute atomic E-state index is 0. The van der Waals surface area contributed by atoms with E-state index in [1.54, 1.807) is 0 Å². The normalized spacial score (nSPS) is 12.9. The molecular formula is C11H11BrLi2O. The standard InChI is InChI=1S/C11H12O.BrH.2Li/c1-8-6-7-9-4-2-3-5-10(9)11(8)12;;;/h2-5,12H,6-7H2,1H3;1H;;/q;;2*+1/p-2. The summed E-state index contributed by atoms with van der Waals surface area (Å²) in [6.45, 7) is 1.93. The van der Waals surface area contributed by atoms with Crippen LogP contribution in [-0.4, -0.2) is 0 Å². The van der Waals surface area contributed by atoms with Crippen molar-refractivity contribution < 1.29 is 59.8 Å². The van der Waals surface area contributed by atoms with Gasteiger partial charge in [0.05, 0.1) is 0 Å². The van der Waals surface area contributed by atoms with E-state index < -0.39 is 0 Å². The van der Waals surface area contributed by atoms with Crippen molar-refractivity contribution in [1.82, 2.24) is 0 Å². The minimum Gasteiger partial charge on any atom is -1.00 e. The zero-order valence-electron chi connectivity index (χ0n) is 9.51. The van der Waals surface area contributed by atoms with Crippen LogP contribution in [0.4, 0.5) is 0 Å². The summed E-state index contributed by atoms with van der Waals surface area (Å²) in [4.78, 5) is 0. The number of aryl methyl sites for hydroxylation is 1. The molecule has 1 nitrogen and oxygen atoms in total. The van der Waals surface area contributed by atoms with Gasteiger partial charge in [-0.3, -0.25) is 0 Å². The topological polar surface area (TPSA) is 23.1 Å². The predicted molar refractivity (Wildman–Crippen MR) is 47.4 cm³/mol. The van der Waals surface area contributed by atoms with Gasteiger partial charge in [0, 0.05) is 0 Å². The molecule has 1 aliphatic carbocycles. The van der Waals surface area contributed by atoms with E-state index in [2.05, 4.69) is 0 Å². The van der Waals surface area contributed by atoms with Crippen LogP contribution < -0.4 is 59.8 Å². The first kappa shape index (κ1) is 17.8. The van der Waals surface area contributed by atoms with Gasteiger partial charge in [0.2, 0.25) is 0 Å². The van der Waals surface area contributed by atoms with Crippen molar-refractivity contribution in [3.63, 3.8) is 0 Å². The van der Waals surface area contributed by atoms with E-state index >= 15 is 0 Å². The van der Waals surface area contributed by atoms with Gasteiger partial charge in [-0.1, -0.05) is 29.8 Å². The van der Waals surface area contributed by atoms with Crippen LogP contribution in [0.3, 0.4) is 0 Å². The SMILES string of the molecule is CC1=C([O-])c2ccccc2CC1.[Br-].[Li+].[Li+]. The van der Waals surface area contributed by atoms with Crippen LogP contribution in [0.15, 0.2) is 29.8 Å². The van der Waals surface area contributed by atoms with Gasteiger partial charge in [-0.05, 0) is 30.9 Å².